The summed E-state index contributed by atoms with van der Waals surface area (Å²) in [4.78, 5) is 10.3. The molecule has 0 unspecified atom stereocenters. The van der Waals surface area contributed by atoms with Gasteiger partial charge in [-0.25, -0.2) is 4.79 Å². The Morgan fingerprint density at radius 3 is 1.50 bits per heavy atom. The van der Waals surface area contributed by atoms with E-state index in [0.717, 1.165) is 0 Å². The Labute approximate surface area is 161 Å². The largest absolute Gasteiger partial charge is 1.00 e. The molecular formula is C7H10Na2O9S2. The number of aromatic hydroxyl groups is 1. The van der Waals surface area contributed by atoms with Crippen molar-refractivity contribution in [2.45, 2.75) is 0 Å². The van der Waals surface area contributed by atoms with Gasteiger partial charge < -0.3 is 13.1 Å². The van der Waals surface area contributed by atoms with Crippen LogP contribution in [-0.4, -0.2) is 42.1 Å². The summed E-state index contributed by atoms with van der Waals surface area (Å²) < 4.78 is 52.5. The summed E-state index contributed by atoms with van der Waals surface area (Å²) in [6, 6.07) is 5.81. The predicted octanol–water partition coefficient (Wildman–Crippen LogP) is -6.00. The minimum absolute atomic E-state index is 0. The van der Waals surface area contributed by atoms with Gasteiger partial charge in [0, 0.05) is 0 Å². The van der Waals surface area contributed by atoms with Gasteiger partial charge in [0.2, 0.25) is 0 Å². The molecular weight excluding hydrogens is 338 g/mol. The maximum atomic E-state index is 10.3. The van der Waals surface area contributed by atoms with Crippen LogP contribution in [0.3, 0.4) is 0 Å². The van der Waals surface area contributed by atoms with Crippen LogP contribution in [0.5, 0.6) is 5.75 Å². The van der Waals surface area contributed by atoms with Crippen molar-refractivity contribution in [3.63, 3.8) is 0 Å². The van der Waals surface area contributed by atoms with Gasteiger partial charge >= 0.3 is 83.4 Å². The molecule has 0 heterocycles. The van der Waals surface area contributed by atoms with E-state index in [9.17, 15) is 21.6 Å². The van der Waals surface area contributed by atoms with Crippen LogP contribution in [0.4, 0.5) is 0 Å². The molecule has 0 spiro atoms. The zero-order chi connectivity index (χ0) is 14.6. The molecule has 0 atom stereocenters. The number of carboxylic acids is 1. The summed E-state index contributed by atoms with van der Waals surface area (Å²) in [5, 5.41) is 17.3. The second-order valence-electron chi connectivity index (χ2n) is 2.68. The maximum Gasteiger partial charge on any atom is 1.00 e. The Kier molecular flexibility index (Phi) is 12.8. The Hall–Kier alpha value is 0.310. The summed E-state index contributed by atoms with van der Waals surface area (Å²) in [5.41, 5.74) is -0.0671. The van der Waals surface area contributed by atoms with Crippen molar-refractivity contribution in [3.05, 3.63) is 29.8 Å². The number of aromatic carboxylic acids is 1. The third kappa shape index (κ3) is 9.28. The molecule has 1 aromatic carbocycles. The molecule has 0 aliphatic heterocycles. The number of rotatable bonds is 2. The average Bonchev–Trinajstić information content (AvgIpc) is 2.15. The molecule has 13 heteroatoms. The Balaban J connectivity index is -0.0000000756. The standard InChI is InChI=1S/C7H6O3.2Na.H2O6S2.2H/c8-6-4-2-1-3-5(6)7(9)10;;;1-7(2,3)8(4,5)6;;/h1-4,8H,(H,9,10);;;(H,1,2,3)(H,4,5,6);;/q;2*+1;;2*-1. The molecule has 9 nitrogen and oxygen atoms in total. The molecule has 1 aromatic rings. The van der Waals surface area contributed by atoms with E-state index >= 15 is 0 Å². The predicted molar refractivity (Wildman–Crippen MR) is 60.4 cm³/mol. The van der Waals surface area contributed by atoms with Crippen molar-refractivity contribution in [2.75, 3.05) is 0 Å². The van der Waals surface area contributed by atoms with Crippen LogP contribution < -0.4 is 59.1 Å². The first-order valence-electron chi connectivity index (χ1n) is 3.93. The topological polar surface area (TPSA) is 166 Å². The number of benzene rings is 1. The minimum atomic E-state index is -5.31. The summed E-state index contributed by atoms with van der Waals surface area (Å²) in [6.45, 7) is 0. The van der Waals surface area contributed by atoms with Crippen molar-refractivity contribution >= 4 is 24.3 Å². The van der Waals surface area contributed by atoms with Crippen molar-refractivity contribution in [2.24, 2.45) is 0 Å². The smallest absolute Gasteiger partial charge is 1.00 e. The molecule has 0 aliphatic rings. The van der Waals surface area contributed by atoms with Gasteiger partial charge in [-0.15, -0.1) is 0 Å². The van der Waals surface area contributed by atoms with Crippen LogP contribution in [0.15, 0.2) is 24.3 Å². The van der Waals surface area contributed by atoms with Gasteiger partial charge in [-0.2, -0.15) is 16.8 Å². The average molecular weight is 348 g/mol. The molecule has 0 aromatic heterocycles. The van der Waals surface area contributed by atoms with Crippen molar-refractivity contribution in [1.82, 2.24) is 0 Å². The fourth-order valence-corrected chi connectivity index (χ4v) is 0.654. The van der Waals surface area contributed by atoms with Crippen molar-refractivity contribution in [1.29, 1.82) is 0 Å². The van der Waals surface area contributed by atoms with E-state index in [1.807, 2.05) is 0 Å². The Morgan fingerprint density at radius 1 is 0.950 bits per heavy atom. The van der Waals surface area contributed by atoms with Crippen LogP contribution in [0.2, 0.25) is 0 Å². The molecule has 4 N–H and O–H groups in total. The van der Waals surface area contributed by atoms with Crippen LogP contribution in [-0.2, 0) is 18.3 Å². The molecule has 0 fully saturated rings. The third-order valence-corrected chi connectivity index (χ3v) is 3.53. The summed E-state index contributed by atoms with van der Waals surface area (Å²) in [5.74, 6) is -1.31. The number of carbonyl (C=O) groups is 1. The van der Waals surface area contributed by atoms with E-state index in [2.05, 4.69) is 0 Å². The van der Waals surface area contributed by atoms with E-state index in [1.165, 1.54) is 12.1 Å². The molecule has 0 bridgehead atoms. The van der Waals surface area contributed by atoms with Gasteiger partial charge in [-0.05, 0) is 12.1 Å². The van der Waals surface area contributed by atoms with Crippen molar-refractivity contribution in [3.8, 4) is 5.75 Å². The van der Waals surface area contributed by atoms with E-state index in [1.54, 1.807) is 12.1 Å². The zero-order valence-electron chi connectivity index (χ0n) is 12.5. The quantitative estimate of drug-likeness (QED) is 0.231. The Morgan fingerprint density at radius 2 is 1.30 bits per heavy atom. The number of hydrogen-bond acceptors (Lipinski definition) is 6. The van der Waals surface area contributed by atoms with Crippen molar-refractivity contribution < 1.29 is 103 Å². The van der Waals surface area contributed by atoms with E-state index in [0.29, 0.717) is 0 Å². The minimum Gasteiger partial charge on any atom is -1.00 e. The van der Waals surface area contributed by atoms with Gasteiger partial charge in [0.1, 0.15) is 11.3 Å². The van der Waals surface area contributed by atoms with Gasteiger partial charge in [0.15, 0.2) is 0 Å². The zero-order valence-corrected chi connectivity index (χ0v) is 16.1. The van der Waals surface area contributed by atoms with Gasteiger partial charge in [0.25, 0.3) is 0 Å². The normalized spacial score (nSPS) is 10.1. The first kappa shape index (κ1) is 25.3. The van der Waals surface area contributed by atoms with Crippen LogP contribution >= 0.6 is 0 Å². The van der Waals surface area contributed by atoms with E-state index in [-0.39, 0.29) is 73.3 Å². The molecule has 0 amide bonds. The second kappa shape index (κ2) is 10.1. The van der Waals surface area contributed by atoms with E-state index < -0.39 is 24.3 Å². The number of phenols is 1. The maximum absolute atomic E-state index is 10.3. The van der Waals surface area contributed by atoms with E-state index in [4.69, 9.17) is 19.3 Å². The Bertz CT molecular complexity index is 618. The summed E-state index contributed by atoms with van der Waals surface area (Å²) in [6.07, 6.45) is 0. The molecule has 106 valence electrons. The number of carboxylic acid groups (broad SMARTS) is 1. The van der Waals surface area contributed by atoms with Gasteiger partial charge in [-0.3, -0.25) is 9.11 Å². The molecule has 20 heavy (non-hydrogen) atoms. The third-order valence-electron chi connectivity index (χ3n) is 1.40. The monoisotopic (exact) mass is 348 g/mol. The second-order valence-corrected chi connectivity index (χ2v) is 6.92. The van der Waals surface area contributed by atoms with Gasteiger partial charge in [0.05, 0.1) is 0 Å². The SMILES string of the molecule is O=C(O)c1ccccc1O.O=S(=O)(O)S(=O)(=O)O.[H-].[H-].[Na+].[Na+]. The van der Waals surface area contributed by atoms with Crippen LogP contribution in [0, 0.1) is 0 Å². The molecule has 0 aliphatic carbocycles. The molecule has 1 rings (SSSR count). The number of hydrogen-bond donors (Lipinski definition) is 4. The number of para-hydroxylation sites is 1. The first-order valence-corrected chi connectivity index (χ1v) is 7.32. The molecule has 0 saturated heterocycles. The summed E-state index contributed by atoms with van der Waals surface area (Å²) >= 11 is 0. The fourth-order valence-electron chi connectivity index (χ4n) is 0.654. The molecule has 0 radical (unpaired) electrons. The first-order chi connectivity index (χ1) is 7.97. The van der Waals surface area contributed by atoms with Crippen LogP contribution in [0.1, 0.15) is 13.2 Å². The van der Waals surface area contributed by atoms with Gasteiger partial charge in [-0.1, -0.05) is 12.1 Å². The van der Waals surface area contributed by atoms with Crippen LogP contribution in [0.25, 0.3) is 0 Å². The molecule has 0 saturated carbocycles. The fraction of sp³-hybridized carbons (Fsp3) is 0. The summed E-state index contributed by atoms with van der Waals surface area (Å²) in [7, 11) is -10.6.